The largest absolute Gasteiger partial charge is 0.369 e. The molecule has 4 N–H and O–H groups in total. The minimum absolute atomic E-state index is 0.266. The molecule has 0 radical (unpaired) electrons. The third-order valence-electron chi connectivity index (χ3n) is 5.45. The first-order valence-electron chi connectivity index (χ1n) is 9.54. The lowest BCUT2D eigenvalue weighted by Gasteiger charge is -2.45. The predicted molar refractivity (Wildman–Crippen MR) is 107 cm³/mol. The lowest BCUT2D eigenvalue weighted by molar-refractivity contribution is 0.305. The standard InChI is InChI=1S/C19H26N8/c1-3-14-12-26(25-24-14)16-11-15(8-7-13(16)2)27-18(21)22-17(20)23-19(27)9-5-4-6-10-19/h7-8,11-12H,3-6,9-10H2,1-2H3,(H4,20,21,22,23). The van der Waals surface area contributed by atoms with Crippen LogP contribution in [0.25, 0.3) is 5.69 Å². The van der Waals surface area contributed by atoms with E-state index in [0.717, 1.165) is 54.7 Å². The summed E-state index contributed by atoms with van der Waals surface area (Å²) in [4.78, 5) is 11.0. The maximum atomic E-state index is 6.34. The average Bonchev–Trinajstić information content (AvgIpc) is 3.12. The summed E-state index contributed by atoms with van der Waals surface area (Å²) in [6.45, 7) is 4.13. The Labute approximate surface area is 159 Å². The van der Waals surface area contributed by atoms with Crippen LogP contribution < -0.4 is 16.4 Å². The lowest BCUT2D eigenvalue weighted by Crippen LogP contribution is -2.58. The minimum atomic E-state index is -0.447. The molecule has 1 aromatic carbocycles. The molecular weight excluding hydrogens is 340 g/mol. The van der Waals surface area contributed by atoms with Gasteiger partial charge in [0.2, 0.25) is 11.9 Å². The monoisotopic (exact) mass is 366 g/mol. The van der Waals surface area contributed by atoms with Gasteiger partial charge < -0.3 is 11.5 Å². The van der Waals surface area contributed by atoms with Crippen LogP contribution in [0.15, 0.2) is 34.4 Å². The number of rotatable bonds is 3. The SMILES string of the molecule is CCc1cn(-c2cc(N3C(N)=NC(N)=NC34CCCCC4)ccc2C)nn1. The Balaban J connectivity index is 1.79. The first-order chi connectivity index (χ1) is 13.0. The Bertz CT molecular complexity index is 904. The number of aromatic nitrogens is 3. The van der Waals surface area contributed by atoms with Gasteiger partial charge in [-0.1, -0.05) is 24.6 Å². The zero-order chi connectivity index (χ0) is 19.0. The Morgan fingerprint density at radius 2 is 1.93 bits per heavy atom. The van der Waals surface area contributed by atoms with Crippen LogP contribution in [-0.2, 0) is 6.42 Å². The molecule has 0 unspecified atom stereocenters. The van der Waals surface area contributed by atoms with Crippen molar-refractivity contribution in [2.45, 2.75) is 58.0 Å². The molecule has 4 rings (SSSR count). The van der Waals surface area contributed by atoms with Gasteiger partial charge in [-0.2, -0.15) is 4.99 Å². The van der Waals surface area contributed by atoms with Crippen molar-refractivity contribution in [2.75, 3.05) is 4.90 Å². The number of nitrogens with zero attached hydrogens (tertiary/aromatic N) is 6. The zero-order valence-corrected chi connectivity index (χ0v) is 15.9. The van der Waals surface area contributed by atoms with Crippen LogP contribution >= 0.6 is 0 Å². The van der Waals surface area contributed by atoms with Crippen molar-refractivity contribution in [2.24, 2.45) is 21.5 Å². The smallest absolute Gasteiger partial charge is 0.220 e. The quantitative estimate of drug-likeness (QED) is 0.865. The molecule has 1 aromatic heterocycles. The first-order valence-corrected chi connectivity index (χ1v) is 9.54. The van der Waals surface area contributed by atoms with Crippen LogP contribution in [0.1, 0.15) is 50.3 Å². The Morgan fingerprint density at radius 3 is 2.63 bits per heavy atom. The Hall–Kier alpha value is -2.90. The van der Waals surface area contributed by atoms with Crippen LogP contribution in [0.4, 0.5) is 5.69 Å². The van der Waals surface area contributed by atoms with E-state index in [4.69, 9.17) is 16.5 Å². The Morgan fingerprint density at radius 1 is 1.15 bits per heavy atom. The summed E-state index contributed by atoms with van der Waals surface area (Å²) >= 11 is 0. The molecule has 27 heavy (non-hydrogen) atoms. The third-order valence-corrected chi connectivity index (χ3v) is 5.45. The number of guanidine groups is 2. The van der Waals surface area contributed by atoms with Gasteiger partial charge in [-0.05, 0) is 56.7 Å². The van der Waals surface area contributed by atoms with Gasteiger partial charge in [0, 0.05) is 5.69 Å². The maximum absolute atomic E-state index is 6.34. The third kappa shape index (κ3) is 3.05. The summed E-state index contributed by atoms with van der Waals surface area (Å²) in [7, 11) is 0. The normalized spacial score (nSPS) is 19.1. The van der Waals surface area contributed by atoms with E-state index in [1.807, 2.05) is 15.8 Å². The molecule has 1 saturated carbocycles. The summed E-state index contributed by atoms with van der Waals surface area (Å²) in [5.74, 6) is 0.661. The molecule has 1 fully saturated rings. The highest BCUT2D eigenvalue weighted by atomic mass is 15.4. The second-order valence-electron chi connectivity index (χ2n) is 7.30. The molecule has 2 aliphatic rings. The number of anilines is 1. The minimum Gasteiger partial charge on any atom is -0.369 e. The molecular formula is C19H26N8. The van der Waals surface area contributed by atoms with Crippen LogP contribution in [0.5, 0.6) is 0 Å². The van der Waals surface area contributed by atoms with Crippen molar-refractivity contribution in [1.82, 2.24) is 15.0 Å². The van der Waals surface area contributed by atoms with E-state index >= 15 is 0 Å². The van der Waals surface area contributed by atoms with E-state index in [0.29, 0.717) is 5.96 Å². The van der Waals surface area contributed by atoms with E-state index in [1.165, 1.54) is 6.42 Å². The zero-order valence-electron chi connectivity index (χ0n) is 15.9. The van der Waals surface area contributed by atoms with Crippen molar-refractivity contribution in [3.05, 3.63) is 35.7 Å². The lowest BCUT2D eigenvalue weighted by atomic mass is 9.87. The summed E-state index contributed by atoms with van der Waals surface area (Å²) in [6, 6.07) is 6.22. The summed E-state index contributed by atoms with van der Waals surface area (Å²) in [6.07, 6.45) is 8.05. The fourth-order valence-electron chi connectivity index (χ4n) is 4.06. The molecule has 1 aliphatic carbocycles. The highest BCUT2D eigenvalue weighted by molar-refractivity contribution is 6.05. The molecule has 142 valence electrons. The number of nitrogens with two attached hydrogens (primary N) is 2. The van der Waals surface area contributed by atoms with E-state index < -0.39 is 5.66 Å². The number of aryl methyl sites for hydroxylation is 2. The van der Waals surface area contributed by atoms with Crippen molar-refractivity contribution >= 4 is 17.6 Å². The van der Waals surface area contributed by atoms with Gasteiger partial charge in [0.15, 0.2) is 0 Å². The highest BCUT2D eigenvalue weighted by Crippen LogP contribution is 2.40. The van der Waals surface area contributed by atoms with Crippen LogP contribution in [-0.4, -0.2) is 32.6 Å². The molecule has 2 heterocycles. The second-order valence-corrected chi connectivity index (χ2v) is 7.30. The van der Waals surface area contributed by atoms with Crippen molar-refractivity contribution in [3.8, 4) is 5.69 Å². The van der Waals surface area contributed by atoms with Gasteiger partial charge >= 0.3 is 0 Å². The molecule has 0 saturated heterocycles. The summed E-state index contributed by atoms with van der Waals surface area (Å²) in [5.41, 5.74) is 15.9. The average molecular weight is 366 g/mol. The van der Waals surface area contributed by atoms with E-state index in [-0.39, 0.29) is 5.96 Å². The fourth-order valence-corrected chi connectivity index (χ4v) is 4.06. The van der Waals surface area contributed by atoms with Gasteiger partial charge in [0.05, 0.1) is 17.6 Å². The predicted octanol–water partition coefficient (Wildman–Crippen LogP) is 2.25. The molecule has 0 bridgehead atoms. The molecule has 0 amide bonds. The number of aliphatic imine (C=N–C) groups is 2. The molecule has 2 aromatic rings. The number of hydrogen-bond donors (Lipinski definition) is 2. The van der Waals surface area contributed by atoms with Crippen molar-refractivity contribution < 1.29 is 0 Å². The molecule has 8 nitrogen and oxygen atoms in total. The Kier molecular flexibility index (Phi) is 4.33. The van der Waals surface area contributed by atoms with Gasteiger partial charge in [0.25, 0.3) is 0 Å². The summed E-state index contributed by atoms with van der Waals surface area (Å²) < 4.78 is 1.82. The molecule has 1 aliphatic heterocycles. The molecule has 1 spiro atoms. The van der Waals surface area contributed by atoms with Gasteiger partial charge in [-0.25, -0.2) is 9.67 Å². The van der Waals surface area contributed by atoms with Crippen molar-refractivity contribution in [1.29, 1.82) is 0 Å². The van der Waals surface area contributed by atoms with Crippen LogP contribution in [0.3, 0.4) is 0 Å². The van der Waals surface area contributed by atoms with Gasteiger partial charge in [0.1, 0.15) is 5.66 Å². The second kappa shape index (κ2) is 6.68. The van der Waals surface area contributed by atoms with E-state index in [2.05, 4.69) is 47.4 Å². The number of benzene rings is 1. The van der Waals surface area contributed by atoms with E-state index in [9.17, 15) is 0 Å². The van der Waals surface area contributed by atoms with Crippen LogP contribution in [0.2, 0.25) is 0 Å². The van der Waals surface area contributed by atoms with Gasteiger partial charge in [-0.3, -0.25) is 4.90 Å². The van der Waals surface area contributed by atoms with E-state index in [1.54, 1.807) is 0 Å². The number of hydrogen-bond acceptors (Lipinski definition) is 7. The van der Waals surface area contributed by atoms with Crippen LogP contribution in [0, 0.1) is 6.92 Å². The molecule has 0 atom stereocenters. The van der Waals surface area contributed by atoms with Gasteiger partial charge in [-0.15, -0.1) is 5.10 Å². The highest BCUT2D eigenvalue weighted by Gasteiger charge is 2.42. The first kappa shape index (κ1) is 17.5. The maximum Gasteiger partial charge on any atom is 0.220 e. The molecule has 8 heteroatoms. The summed E-state index contributed by atoms with van der Waals surface area (Å²) in [5, 5.41) is 8.49. The fraction of sp³-hybridized carbons (Fsp3) is 0.474. The topological polar surface area (TPSA) is 111 Å². The van der Waals surface area contributed by atoms with Crippen molar-refractivity contribution in [3.63, 3.8) is 0 Å².